The molecule has 2 unspecified atom stereocenters. The molecule has 3 nitrogen and oxygen atoms in total. The van der Waals surface area contributed by atoms with E-state index >= 15 is 0 Å². The van der Waals surface area contributed by atoms with E-state index in [-0.39, 0.29) is 0 Å². The van der Waals surface area contributed by atoms with Crippen molar-refractivity contribution in [2.75, 3.05) is 20.6 Å². The number of aromatic nitrogens is 1. The van der Waals surface area contributed by atoms with Gasteiger partial charge in [0.05, 0.1) is 0 Å². The third-order valence-electron chi connectivity index (χ3n) is 4.08. The second-order valence-electron chi connectivity index (χ2n) is 5.52. The van der Waals surface area contributed by atoms with Gasteiger partial charge in [-0.2, -0.15) is 0 Å². The maximum atomic E-state index is 5.98. The Morgan fingerprint density at radius 3 is 2.53 bits per heavy atom. The normalized spacial score (nSPS) is 15.1. The van der Waals surface area contributed by atoms with Gasteiger partial charge in [-0.15, -0.1) is 0 Å². The summed E-state index contributed by atoms with van der Waals surface area (Å²) in [4.78, 5) is 2.29. The summed E-state index contributed by atoms with van der Waals surface area (Å²) in [5.41, 5.74) is 8.65. The number of para-hydroxylation sites is 1. The Hall–Kier alpha value is -1.32. The van der Waals surface area contributed by atoms with Crippen LogP contribution >= 0.6 is 0 Å². The van der Waals surface area contributed by atoms with Gasteiger partial charge in [-0.1, -0.05) is 31.5 Å². The van der Waals surface area contributed by atoms with Crippen molar-refractivity contribution < 1.29 is 0 Å². The first-order valence-electron chi connectivity index (χ1n) is 7.00. The van der Waals surface area contributed by atoms with E-state index < -0.39 is 0 Å². The number of benzene rings is 1. The molecule has 0 aliphatic heterocycles. The van der Waals surface area contributed by atoms with E-state index in [1.807, 2.05) is 0 Å². The third-order valence-corrected chi connectivity index (χ3v) is 4.08. The lowest BCUT2D eigenvalue weighted by molar-refractivity contribution is 0.212. The summed E-state index contributed by atoms with van der Waals surface area (Å²) < 4.78 is 2.21. The molecule has 0 fully saturated rings. The highest BCUT2D eigenvalue weighted by atomic mass is 15.1. The summed E-state index contributed by atoms with van der Waals surface area (Å²) in [7, 11) is 6.40. The van der Waals surface area contributed by atoms with Crippen molar-refractivity contribution in [1.29, 1.82) is 0 Å². The molecule has 0 spiro atoms. The first kappa shape index (κ1) is 14.1. The number of nitrogens with zero attached hydrogens (tertiary/aromatic N) is 2. The monoisotopic (exact) mass is 259 g/mol. The van der Waals surface area contributed by atoms with Gasteiger partial charge >= 0.3 is 0 Å². The summed E-state index contributed by atoms with van der Waals surface area (Å²) in [6.45, 7) is 2.95. The molecular weight excluding hydrogens is 234 g/mol. The van der Waals surface area contributed by atoms with Gasteiger partial charge in [-0.3, -0.25) is 0 Å². The average Bonchev–Trinajstić information content (AvgIpc) is 2.73. The lowest BCUT2D eigenvalue weighted by Gasteiger charge is -2.31. The standard InChI is InChI=1S/C16H25N3/c1-5-12(10-17)16(18(2)3)14-11-19(4)15-9-7-6-8-13(14)15/h6-9,11-12,16H,5,10,17H2,1-4H3. The molecular formula is C16H25N3. The Kier molecular flexibility index (Phi) is 4.27. The minimum absolute atomic E-state index is 0.376. The van der Waals surface area contributed by atoms with E-state index in [0.717, 1.165) is 13.0 Å². The van der Waals surface area contributed by atoms with Crippen molar-refractivity contribution in [1.82, 2.24) is 9.47 Å². The molecule has 19 heavy (non-hydrogen) atoms. The van der Waals surface area contributed by atoms with Crippen molar-refractivity contribution in [3.63, 3.8) is 0 Å². The molecule has 2 atom stereocenters. The molecule has 0 saturated heterocycles. The number of rotatable bonds is 5. The Morgan fingerprint density at radius 2 is 1.95 bits per heavy atom. The Balaban J connectivity index is 2.56. The van der Waals surface area contributed by atoms with Crippen LogP contribution in [0.4, 0.5) is 0 Å². The summed E-state index contributed by atoms with van der Waals surface area (Å²) >= 11 is 0. The molecule has 0 bridgehead atoms. The molecule has 1 heterocycles. The fraction of sp³-hybridized carbons (Fsp3) is 0.500. The van der Waals surface area contributed by atoms with Crippen LogP contribution in [-0.2, 0) is 7.05 Å². The fourth-order valence-electron chi connectivity index (χ4n) is 3.08. The molecule has 0 aliphatic carbocycles. The summed E-state index contributed by atoms with van der Waals surface area (Å²) in [6.07, 6.45) is 3.36. The van der Waals surface area contributed by atoms with Gasteiger partial charge in [0.15, 0.2) is 0 Å². The van der Waals surface area contributed by atoms with Crippen LogP contribution in [0.25, 0.3) is 10.9 Å². The second kappa shape index (κ2) is 5.76. The van der Waals surface area contributed by atoms with Gasteiger partial charge < -0.3 is 15.2 Å². The Bertz CT molecular complexity index is 538. The Labute approximate surface area is 116 Å². The van der Waals surface area contributed by atoms with Crippen LogP contribution in [0.5, 0.6) is 0 Å². The minimum atomic E-state index is 0.376. The number of hydrogen-bond donors (Lipinski definition) is 1. The van der Waals surface area contributed by atoms with Crippen LogP contribution in [0.2, 0.25) is 0 Å². The van der Waals surface area contributed by atoms with E-state index in [4.69, 9.17) is 5.73 Å². The van der Waals surface area contributed by atoms with Gasteiger partial charge in [0.1, 0.15) is 0 Å². The SMILES string of the molecule is CCC(CN)C(c1cn(C)c2ccccc12)N(C)C. The maximum Gasteiger partial charge on any atom is 0.0481 e. The largest absolute Gasteiger partial charge is 0.350 e. The first-order valence-corrected chi connectivity index (χ1v) is 7.00. The van der Waals surface area contributed by atoms with Gasteiger partial charge in [0.2, 0.25) is 0 Å². The molecule has 2 N–H and O–H groups in total. The van der Waals surface area contributed by atoms with Crippen LogP contribution in [0, 0.1) is 5.92 Å². The molecule has 0 saturated carbocycles. The quantitative estimate of drug-likeness (QED) is 0.896. The fourth-order valence-corrected chi connectivity index (χ4v) is 3.08. The van der Waals surface area contributed by atoms with Crippen molar-refractivity contribution in [2.24, 2.45) is 18.7 Å². The lowest BCUT2D eigenvalue weighted by atomic mass is 9.90. The van der Waals surface area contributed by atoms with Gasteiger partial charge in [0, 0.05) is 30.2 Å². The molecule has 1 aromatic carbocycles. The van der Waals surface area contributed by atoms with E-state index in [1.165, 1.54) is 16.5 Å². The smallest absolute Gasteiger partial charge is 0.0481 e. The van der Waals surface area contributed by atoms with Gasteiger partial charge in [-0.05, 0) is 38.2 Å². The van der Waals surface area contributed by atoms with Gasteiger partial charge in [-0.25, -0.2) is 0 Å². The van der Waals surface area contributed by atoms with Crippen LogP contribution < -0.4 is 5.73 Å². The molecule has 2 rings (SSSR count). The van der Waals surface area contributed by atoms with Crippen LogP contribution in [0.3, 0.4) is 0 Å². The van der Waals surface area contributed by atoms with E-state index in [9.17, 15) is 0 Å². The van der Waals surface area contributed by atoms with Crippen LogP contribution in [-0.4, -0.2) is 30.1 Å². The zero-order valence-corrected chi connectivity index (χ0v) is 12.4. The molecule has 0 aliphatic rings. The molecule has 1 aromatic heterocycles. The van der Waals surface area contributed by atoms with Crippen LogP contribution in [0.1, 0.15) is 24.9 Å². The van der Waals surface area contributed by atoms with Crippen molar-refractivity contribution in [3.8, 4) is 0 Å². The molecule has 0 amide bonds. The highest BCUT2D eigenvalue weighted by molar-refractivity contribution is 5.84. The van der Waals surface area contributed by atoms with Gasteiger partial charge in [0.25, 0.3) is 0 Å². The highest BCUT2D eigenvalue weighted by Gasteiger charge is 2.25. The minimum Gasteiger partial charge on any atom is -0.350 e. The molecule has 2 aromatic rings. The number of fused-ring (bicyclic) bond motifs is 1. The first-order chi connectivity index (χ1) is 9.10. The lowest BCUT2D eigenvalue weighted by Crippen LogP contribution is -2.31. The highest BCUT2D eigenvalue weighted by Crippen LogP contribution is 2.34. The average molecular weight is 259 g/mol. The number of aryl methyl sites for hydroxylation is 1. The maximum absolute atomic E-state index is 5.98. The van der Waals surface area contributed by atoms with E-state index in [1.54, 1.807) is 0 Å². The zero-order chi connectivity index (χ0) is 14.0. The van der Waals surface area contributed by atoms with Crippen LogP contribution in [0.15, 0.2) is 30.5 Å². The predicted octanol–water partition coefficient (Wildman–Crippen LogP) is 2.77. The van der Waals surface area contributed by atoms with Crippen molar-refractivity contribution >= 4 is 10.9 Å². The van der Waals surface area contributed by atoms with E-state index in [0.29, 0.717) is 12.0 Å². The van der Waals surface area contributed by atoms with E-state index in [2.05, 4.69) is 68.0 Å². The molecule has 0 radical (unpaired) electrons. The van der Waals surface area contributed by atoms with Crippen molar-refractivity contribution in [2.45, 2.75) is 19.4 Å². The Morgan fingerprint density at radius 1 is 1.26 bits per heavy atom. The second-order valence-corrected chi connectivity index (χ2v) is 5.52. The predicted molar refractivity (Wildman–Crippen MR) is 82.2 cm³/mol. The summed E-state index contributed by atoms with van der Waals surface area (Å²) in [6, 6.07) is 8.97. The number of hydrogen-bond acceptors (Lipinski definition) is 2. The third kappa shape index (κ3) is 2.53. The summed E-state index contributed by atoms with van der Waals surface area (Å²) in [5, 5.41) is 1.34. The molecule has 3 heteroatoms. The molecule has 104 valence electrons. The topological polar surface area (TPSA) is 34.2 Å². The van der Waals surface area contributed by atoms with Crippen molar-refractivity contribution in [3.05, 3.63) is 36.0 Å². The zero-order valence-electron chi connectivity index (χ0n) is 12.4. The number of nitrogens with two attached hydrogens (primary N) is 1. The summed E-state index contributed by atoms with van der Waals surface area (Å²) in [5.74, 6) is 0.487.